The van der Waals surface area contributed by atoms with Gasteiger partial charge in [0.15, 0.2) is 0 Å². The Hall–Kier alpha value is -3.39. The number of rotatable bonds is 5. The SMILES string of the molecule is CCc1c(-c2ccc(C#N)cc2)c(C(N)=O)c(C)n1Cc1ccccn1. The van der Waals surface area contributed by atoms with Crippen molar-refractivity contribution in [3.05, 3.63) is 76.9 Å². The molecule has 1 amide bonds. The van der Waals surface area contributed by atoms with Gasteiger partial charge in [-0.3, -0.25) is 9.78 Å². The highest BCUT2D eigenvalue weighted by Crippen LogP contribution is 2.33. The van der Waals surface area contributed by atoms with E-state index in [1.165, 1.54) is 0 Å². The minimum atomic E-state index is -0.448. The molecule has 3 aromatic rings. The molecule has 0 saturated heterocycles. The summed E-state index contributed by atoms with van der Waals surface area (Å²) in [6.07, 6.45) is 2.51. The van der Waals surface area contributed by atoms with Crippen molar-refractivity contribution in [3.63, 3.8) is 0 Å². The molecular weight excluding hydrogens is 324 g/mol. The number of carbonyl (C=O) groups is 1. The van der Waals surface area contributed by atoms with Gasteiger partial charge in [0.05, 0.1) is 29.4 Å². The number of nitrogens with two attached hydrogens (primary N) is 1. The summed E-state index contributed by atoms with van der Waals surface area (Å²) >= 11 is 0. The zero-order chi connectivity index (χ0) is 18.7. The molecule has 0 spiro atoms. The minimum absolute atomic E-state index is 0.448. The van der Waals surface area contributed by atoms with Crippen LogP contribution in [0.4, 0.5) is 0 Å². The van der Waals surface area contributed by atoms with Gasteiger partial charge >= 0.3 is 0 Å². The second-order valence-electron chi connectivity index (χ2n) is 6.10. The van der Waals surface area contributed by atoms with E-state index in [2.05, 4.69) is 22.5 Å². The zero-order valence-corrected chi connectivity index (χ0v) is 14.9. The maximum Gasteiger partial charge on any atom is 0.251 e. The molecule has 130 valence electrons. The van der Waals surface area contributed by atoms with Gasteiger partial charge in [-0.05, 0) is 43.2 Å². The Kier molecular flexibility index (Phi) is 4.85. The quantitative estimate of drug-likeness (QED) is 0.769. The van der Waals surface area contributed by atoms with E-state index in [4.69, 9.17) is 11.0 Å². The normalized spacial score (nSPS) is 10.5. The fourth-order valence-corrected chi connectivity index (χ4v) is 3.36. The van der Waals surface area contributed by atoms with E-state index in [1.807, 2.05) is 37.3 Å². The van der Waals surface area contributed by atoms with Crippen molar-refractivity contribution in [1.82, 2.24) is 9.55 Å². The molecule has 0 bridgehead atoms. The Labute approximate surface area is 152 Å². The lowest BCUT2D eigenvalue weighted by Crippen LogP contribution is -2.13. The molecule has 5 heteroatoms. The highest BCUT2D eigenvalue weighted by Gasteiger charge is 2.24. The molecule has 2 aromatic heterocycles. The first-order valence-corrected chi connectivity index (χ1v) is 8.49. The van der Waals surface area contributed by atoms with Gasteiger partial charge in [-0.2, -0.15) is 5.26 Å². The Balaban J connectivity index is 2.20. The highest BCUT2D eigenvalue weighted by atomic mass is 16.1. The van der Waals surface area contributed by atoms with E-state index in [0.29, 0.717) is 17.7 Å². The van der Waals surface area contributed by atoms with E-state index in [9.17, 15) is 4.79 Å². The van der Waals surface area contributed by atoms with E-state index in [0.717, 1.165) is 34.6 Å². The molecule has 26 heavy (non-hydrogen) atoms. The van der Waals surface area contributed by atoms with E-state index < -0.39 is 5.91 Å². The molecule has 0 aliphatic rings. The van der Waals surface area contributed by atoms with E-state index in [-0.39, 0.29) is 0 Å². The van der Waals surface area contributed by atoms with Crippen LogP contribution in [-0.4, -0.2) is 15.5 Å². The maximum absolute atomic E-state index is 12.2. The number of pyridine rings is 1. The van der Waals surface area contributed by atoms with Gasteiger partial charge < -0.3 is 10.3 Å². The summed E-state index contributed by atoms with van der Waals surface area (Å²) in [5.41, 5.74) is 11.3. The Morgan fingerprint density at radius 2 is 1.96 bits per heavy atom. The standard InChI is InChI=1S/C21H20N4O/c1-3-18-20(16-9-7-15(12-22)8-10-16)19(21(23)26)14(2)25(18)13-17-6-4-5-11-24-17/h4-11H,3,13H2,1-2H3,(H2,23,26). The number of nitrogens with zero attached hydrogens (tertiary/aromatic N) is 3. The van der Waals surface area contributed by atoms with Gasteiger partial charge in [0.2, 0.25) is 0 Å². The summed E-state index contributed by atoms with van der Waals surface area (Å²) in [6.45, 7) is 4.55. The lowest BCUT2D eigenvalue weighted by atomic mass is 9.98. The first kappa shape index (κ1) is 17.4. The van der Waals surface area contributed by atoms with E-state index >= 15 is 0 Å². The van der Waals surface area contributed by atoms with Gasteiger partial charge in [-0.25, -0.2) is 0 Å². The van der Waals surface area contributed by atoms with Crippen LogP contribution in [-0.2, 0) is 13.0 Å². The van der Waals surface area contributed by atoms with Gasteiger partial charge in [-0.1, -0.05) is 25.1 Å². The maximum atomic E-state index is 12.2. The number of hydrogen-bond acceptors (Lipinski definition) is 3. The molecule has 0 radical (unpaired) electrons. The van der Waals surface area contributed by atoms with Crippen LogP contribution in [0.1, 0.15) is 39.9 Å². The fraction of sp³-hybridized carbons (Fsp3) is 0.190. The lowest BCUT2D eigenvalue weighted by Gasteiger charge is -2.11. The second kappa shape index (κ2) is 7.24. The van der Waals surface area contributed by atoms with Crippen molar-refractivity contribution in [2.75, 3.05) is 0 Å². The van der Waals surface area contributed by atoms with Crippen molar-refractivity contribution in [2.45, 2.75) is 26.8 Å². The number of hydrogen-bond donors (Lipinski definition) is 1. The van der Waals surface area contributed by atoms with Crippen LogP contribution in [0, 0.1) is 18.3 Å². The Morgan fingerprint density at radius 3 is 2.50 bits per heavy atom. The lowest BCUT2D eigenvalue weighted by molar-refractivity contribution is 0.1000. The highest BCUT2D eigenvalue weighted by molar-refractivity contribution is 6.02. The van der Waals surface area contributed by atoms with Crippen LogP contribution in [0.3, 0.4) is 0 Å². The zero-order valence-electron chi connectivity index (χ0n) is 14.9. The van der Waals surface area contributed by atoms with E-state index in [1.54, 1.807) is 18.3 Å². The van der Waals surface area contributed by atoms with Crippen molar-refractivity contribution >= 4 is 5.91 Å². The van der Waals surface area contributed by atoms with Gasteiger partial charge in [0.1, 0.15) is 0 Å². The molecule has 0 unspecified atom stereocenters. The third kappa shape index (κ3) is 3.09. The molecule has 0 aliphatic heterocycles. The largest absolute Gasteiger partial charge is 0.366 e. The summed E-state index contributed by atoms with van der Waals surface area (Å²) in [5.74, 6) is -0.448. The van der Waals surface area contributed by atoms with Crippen LogP contribution in [0.15, 0.2) is 48.7 Å². The van der Waals surface area contributed by atoms with Crippen molar-refractivity contribution < 1.29 is 4.79 Å². The van der Waals surface area contributed by atoms with Crippen LogP contribution in [0.25, 0.3) is 11.1 Å². The number of benzene rings is 1. The average Bonchev–Trinajstić information content (AvgIpc) is 2.94. The molecule has 2 N–H and O–H groups in total. The molecule has 0 atom stereocenters. The van der Waals surface area contributed by atoms with Crippen LogP contribution in [0.2, 0.25) is 0 Å². The predicted molar refractivity (Wildman–Crippen MR) is 101 cm³/mol. The third-order valence-electron chi connectivity index (χ3n) is 4.56. The number of amides is 1. The van der Waals surface area contributed by atoms with Crippen LogP contribution >= 0.6 is 0 Å². The topological polar surface area (TPSA) is 84.7 Å². The summed E-state index contributed by atoms with van der Waals surface area (Å²) in [5, 5.41) is 9.02. The molecule has 0 saturated carbocycles. The first-order chi connectivity index (χ1) is 12.6. The predicted octanol–water partition coefficient (Wildman–Crippen LogP) is 3.44. The van der Waals surface area contributed by atoms with Crippen molar-refractivity contribution in [3.8, 4) is 17.2 Å². The van der Waals surface area contributed by atoms with Gasteiger partial charge in [-0.15, -0.1) is 0 Å². The van der Waals surface area contributed by atoms with Crippen LogP contribution < -0.4 is 5.73 Å². The van der Waals surface area contributed by atoms with Crippen molar-refractivity contribution in [2.24, 2.45) is 5.73 Å². The average molecular weight is 344 g/mol. The van der Waals surface area contributed by atoms with Gasteiger partial charge in [0, 0.05) is 23.1 Å². The molecule has 2 heterocycles. The summed E-state index contributed by atoms with van der Waals surface area (Å²) < 4.78 is 2.11. The van der Waals surface area contributed by atoms with Crippen molar-refractivity contribution in [1.29, 1.82) is 5.26 Å². The summed E-state index contributed by atoms with van der Waals surface area (Å²) in [6, 6.07) is 15.1. The number of primary amides is 1. The number of nitriles is 1. The summed E-state index contributed by atoms with van der Waals surface area (Å²) in [7, 11) is 0. The number of carbonyl (C=O) groups excluding carboxylic acids is 1. The fourth-order valence-electron chi connectivity index (χ4n) is 3.36. The Morgan fingerprint density at radius 1 is 1.23 bits per heavy atom. The molecule has 0 fully saturated rings. The summed E-state index contributed by atoms with van der Waals surface area (Å²) in [4.78, 5) is 16.6. The number of aromatic nitrogens is 2. The molecular formula is C21H20N4O. The molecule has 0 aliphatic carbocycles. The minimum Gasteiger partial charge on any atom is -0.366 e. The first-order valence-electron chi connectivity index (χ1n) is 8.49. The molecule has 5 nitrogen and oxygen atoms in total. The second-order valence-corrected chi connectivity index (χ2v) is 6.10. The van der Waals surface area contributed by atoms with Crippen LogP contribution in [0.5, 0.6) is 0 Å². The third-order valence-corrected chi connectivity index (χ3v) is 4.56. The molecule has 3 rings (SSSR count). The monoisotopic (exact) mass is 344 g/mol. The smallest absolute Gasteiger partial charge is 0.251 e. The Bertz CT molecular complexity index is 980. The van der Waals surface area contributed by atoms with Gasteiger partial charge in [0.25, 0.3) is 5.91 Å². The molecule has 1 aromatic carbocycles.